The van der Waals surface area contributed by atoms with Gasteiger partial charge in [0.25, 0.3) is 0 Å². The van der Waals surface area contributed by atoms with Gasteiger partial charge >= 0.3 is 5.97 Å². The molecule has 2 saturated heterocycles. The van der Waals surface area contributed by atoms with E-state index >= 15 is 0 Å². The molecule has 0 amide bonds. The highest BCUT2D eigenvalue weighted by Gasteiger charge is 2.38. The number of aliphatic carboxylic acids is 1. The number of rotatable bonds is 6. The van der Waals surface area contributed by atoms with Gasteiger partial charge in [-0.25, -0.2) is 0 Å². The van der Waals surface area contributed by atoms with Crippen molar-refractivity contribution < 1.29 is 24.9 Å². The monoisotopic (exact) mass is 556 g/mol. The number of phenolic OH excluding ortho intramolecular Hbond substituents is 2. The number of carbonyl (C=O) groups is 2. The second-order valence-corrected chi connectivity index (χ2v) is 12.1. The number of benzene rings is 3. The lowest BCUT2D eigenvalue weighted by Crippen LogP contribution is -2.47. The summed E-state index contributed by atoms with van der Waals surface area (Å²) in [5.74, 6) is -0.505. The van der Waals surface area contributed by atoms with E-state index in [9.17, 15) is 19.8 Å². The van der Waals surface area contributed by atoms with Crippen molar-refractivity contribution in [3.8, 4) is 21.9 Å². The molecule has 2 fully saturated rings. The number of likely N-dealkylation sites (tertiary alicyclic amines) is 1. The first-order chi connectivity index (χ1) is 19.3. The van der Waals surface area contributed by atoms with E-state index in [1.807, 2.05) is 29.2 Å². The fourth-order valence-corrected chi connectivity index (χ4v) is 7.45. The minimum atomic E-state index is -0.754. The Morgan fingerprint density at radius 2 is 1.43 bits per heavy atom. The largest absolute Gasteiger partial charge is 0.508 e. The maximum absolute atomic E-state index is 13.9. The average molecular weight is 557 g/mol. The van der Waals surface area contributed by atoms with E-state index in [-0.39, 0.29) is 23.8 Å². The van der Waals surface area contributed by atoms with Crippen molar-refractivity contribution in [2.24, 2.45) is 5.41 Å². The third kappa shape index (κ3) is 5.17. The number of nitrogens with zero attached hydrogens (tertiary/aromatic N) is 2. The molecule has 4 aromatic rings. The molecule has 40 heavy (non-hydrogen) atoms. The van der Waals surface area contributed by atoms with Gasteiger partial charge in [0.05, 0.1) is 6.54 Å². The maximum atomic E-state index is 13.9. The van der Waals surface area contributed by atoms with Gasteiger partial charge in [-0.05, 0) is 116 Å². The predicted molar refractivity (Wildman–Crippen MR) is 158 cm³/mol. The van der Waals surface area contributed by atoms with Crippen molar-refractivity contribution in [2.75, 3.05) is 37.6 Å². The average Bonchev–Trinajstić information content (AvgIpc) is 3.33. The Balaban J connectivity index is 1.19. The zero-order chi connectivity index (χ0) is 27.9. The number of piperidine rings is 2. The molecule has 0 unspecified atom stereocenters. The molecule has 2 aliphatic heterocycles. The molecular formula is C32H32N2O5S. The lowest BCUT2D eigenvalue weighted by Gasteiger charge is -2.47. The van der Waals surface area contributed by atoms with E-state index in [1.165, 1.54) is 11.3 Å². The van der Waals surface area contributed by atoms with Crippen LogP contribution in [0.3, 0.4) is 0 Å². The Morgan fingerprint density at radius 3 is 2.08 bits per heavy atom. The Bertz CT molecular complexity index is 1540. The fourth-order valence-electron chi connectivity index (χ4n) is 6.21. The molecule has 3 N–H and O–H groups in total. The first kappa shape index (κ1) is 26.3. The Labute approximate surface area is 236 Å². The van der Waals surface area contributed by atoms with Gasteiger partial charge in [-0.3, -0.25) is 14.5 Å². The van der Waals surface area contributed by atoms with Crippen LogP contribution >= 0.6 is 11.3 Å². The highest BCUT2D eigenvalue weighted by atomic mass is 32.1. The molecule has 0 bridgehead atoms. The van der Waals surface area contributed by atoms with Gasteiger partial charge in [0.15, 0.2) is 5.78 Å². The van der Waals surface area contributed by atoms with E-state index < -0.39 is 5.97 Å². The highest BCUT2D eigenvalue weighted by molar-refractivity contribution is 7.22. The summed E-state index contributed by atoms with van der Waals surface area (Å²) >= 11 is 1.46. The van der Waals surface area contributed by atoms with Crippen molar-refractivity contribution in [1.29, 1.82) is 0 Å². The standard InChI is InChI=1S/C32H32N2O5S/c35-24-7-3-22(4-8-24)31-29(26-10-9-25(36)19-27(26)40-31)30(39)21-1-5-23(6-2-21)34-17-13-32(14-18-34)11-15-33(16-12-32)20-28(37)38/h1-10,19,35-36H,11-18,20H2,(H,37,38). The van der Waals surface area contributed by atoms with Crippen molar-refractivity contribution >= 4 is 38.9 Å². The number of anilines is 1. The van der Waals surface area contributed by atoms with Gasteiger partial charge in [0, 0.05) is 44.9 Å². The second kappa shape index (κ2) is 10.6. The zero-order valence-electron chi connectivity index (χ0n) is 22.2. The van der Waals surface area contributed by atoms with Gasteiger partial charge in [0.1, 0.15) is 11.5 Å². The molecule has 0 atom stereocenters. The summed E-state index contributed by atoms with van der Waals surface area (Å²) in [6, 6.07) is 19.8. The lowest BCUT2D eigenvalue weighted by atomic mass is 9.71. The molecule has 6 rings (SSSR count). The quantitative estimate of drug-likeness (QED) is 0.251. The molecule has 0 saturated carbocycles. The van der Waals surface area contributed by atoms with Crippen LogP contribution in [0.1, 0.15) is 41.6 Å². The summed E-state index contributed by atoms with van der Waals surface area (Å²) in [7, 11) is 0. The van der Waals surface area contributed by atoms with Crippen molar-refractivity contribution in [2.45, 2.75) is 25.7 Å². The van der Waals surface area contributed by atoms with E-state index in [4.69, 9.17) is 5.11 Å². The number of carbonyl (C=O) groups excluding carboxylic acids is 1. The van der Waals surface area contributed by atoms with Crippen LogP contribution in [0.4, 0.5) is 5.69 Å². The van der Waals surface area contributed by atoms with Crippen molar-refractivity contribution in [3.63, 3.8) is 0 Å². The zero-order valence-corrected chi connectivity index (χ0v) is 23.0. The summed E-state index contributed by atoms with van der Waals surface area (Å²) < 4.78 is 0.832. The number of hydrogen-bond acceptors (Lipinski definition) is 7. The number of carboxylic acid groups (broad SMARTS) is 1. The Kier molecular flexibility index (Phi) is 6.98. The number of ketones is 1. The maximum Gasteiger partial charge on any atom is 0.317 e. The minimum absolute atomic E-state index is 0.0720. The van der Waals surface area contributed by atoms with Gasteiger partial charge in [0.2, 0.25) is 0 Å². The van der Waals surface area contributed by atoms with Gasteiger partial charge in [-0.15, -0.1) is 11.3 Å². The first-order valence-corrected chi connectivity index (χ1v) is 14.5. The van der Waals surface area contributed by atoms with E-state index in [1.54, 1.807) is 42.5 Å². The second-order valence-electron chi connectivity index (χ2n) is 11.1. The minimum Gasteiger partial charge on any atom is -0.508 e. The molecule has 0 aliphatic carbocycles. The molecule has 1 aromatic heterocycles. The molecular weight excluding hydrogens is 524 g/mol. The van der Waals surface area contributed by atoms with Crippen LogP contribution < -0.4 is 4.90 Å². The first-order valence-electron chi connectivity index (χ1n) is 13.7. The normalized spacial score (nSPS) is 17.4. The number of fused-ring (bicyclic) bond motifs is 1. The van der Waals surface area contributed by atoms with Gasteiger partial charge in [-0.2, -0.15) is 0 Å². The summed E-state index contributed by atoms with van der Waals surface area (Å²) in [6.07, 6.45) is 4.30. The lowest BCUT2D eigenvalue weighted by molar-refractivity contribution is -0.139. The topological polar surface area (TPSA) is 101 Å². The van der Waals surface area contributed by atoms with Crippen LogP contribution in [0.5, 0.6) is 11.5 Å². The summed E-state index contributed by atoms with van der Waals surface area (Å²) in [5, 5.41) is 29.7. The SMILES string of the molecule is O=C(O)CN1CCC2(CC1)CCN(c1ccc(C(=O)c3c(-c4ccc(O)cc4)sc4cc(O)ccc34)cc1)CC2. The predicted octanol–water partition coefficient (Wildman–Crippen LogP) is 5.98. The molecule has 3 heterocycles. The number of phenols is 2. The summed E-state index contributed by atoms with van der Waals surface area (Å²) in [5.41, 5.74) is 3.46. The molecule has 1 spiro atoms. The van der Waals surface area contributed by atoms with E-state index in [0.29, 0.717) is 16.5 Å². The molecule has 206 valence electrons. The Morgan fingerprint density at radius 1 is 0.800 bits per heavy atom. The molecule has 7 nitrogen and oxygen atoms in total. The van der Waals surface area contributed by atoms with E-state index in [2.05, 4.69) is 4.90 Å². The fraction of sp³-hybridized carbons (Fsp3) is 0.312. The molecule has 0 radical (unpaired) electrons. The highest BCUT2D eigenvalue weighted by Crippen LogP contribution is 2.43. The van der Waals surface area contributed by atoms with Crippen LogP contribution in [-0.2, 0) is 4.79 Å². The number of hydrogen-bond donors (Lipinski definition) is 3. The van der Waals surface area contributed by atoms with Crippen LogP contribution in [-0.4, -0.2) is 64.7 Å². The van der Waals surface area contributed by atoms with Crippen molar-refractivity contribution in [3.05, 3.63) is 77.9 Å². The van der Waals surface area contributed by atoms with Crippen LogP contribution in [0.25, 0.3) is 20.5 Å². The summed E-state index contributed by atoms with van der Waals surface area (Å²) in [4.78, 5) is 30.2. The number of aromatic hydroxyl groups is 2. The molecule has 8 heteroatoms. The molecule has 3 aromatic carbocycles. The van der Waals surface area contributed by atoms with Crippen molar-refractivity contribution in [1.82, 2.24) is 4.90 Å². The van der Waals surface area contributed by atoms with Crippen LogP contribution in [0, 0.1) is 5.41 Å². The van der Waals surface area contributed by atoms with E-state index in [0.717, 1.165) is 78.1 Å². The smallest absolute Gasteiger partial charge is 0.317 e. The number of thiophene rings is 1. The summed E-state index contributed by atoms with van der Waals surface area (Å²) in [6.45, 7) is 3.75. The third-order valence-electron chi connectivity index (χ3n) is 8.62. The molecule has 2 aliphatic rings. The third-order valence-corrected chi connectivity index (χ3v) is 9.83. The van der Waals surface area contributed by atoms with Gasteiger partial charge < -0.3 is 20.2 Å². The Hall–Kier alpha value is -3.88. The van der Waals surface area contributed by atoms with Crippen LogP contribution in [0.2, 0.25) is 0 Å². The van der Waals surface area contributed by atoms with Gasteiger partial charge in [-0.1, -0.05) is 0 Å². The van der Waals surface area contributed by atoms with Crippen LogP contribution in [0.15, 0.2) is 66.7 Å². The number of carboxylic acids is 1.